The Balaban J connectivity index is 1.83. The third kappa shape index (κ3) is 4.25. The minimum atomic E-state index is -0.255. The first-order valence-electron chi connectivity index (χ1n) is 8.49. The summed E-state index contributed by atoms with van der Waals surface area (Å²) < 4.78 is 0. The summed E-state index contributed by atoms with van der Waals surface area (Å²) >= 11 is 0. The van der Waals surface area contributed by atoms with E-state index < -0.39 is 0 Å². The molecule has 0 bridgehead atoms. The number of aromatic nitrogens is 2. The molecule has 1 amide bonds. The molecule has 0 saturated heterocycles. The molecule has 3 rings (SSSR count). The smallest absolute Gasteiger partial charge is 0.274 e. The lowest BCUT2D eigenvalue weighted by Crippen LogP contribution is -2.16. The Hall–Kier alpha value is -3.21. The van der Waals surface area contributed by atoms with E-state index in [4.69, 9.17) is 0 Å². The summed E-state index contributed by atoms with van der Waals surface area (Å²) in [5.74, 6) is 0.872. The van der Waals surface area contributed by atoms with Gasteiger partial charge in [0.2, 0.25) is 0 Å². The van der Waals surface area contributed by atoms with Gasteiger partial charge in [0, 0.05) is 17.4 Å². The number of carbonyl (C=O) groups is 1. The number of carbonyl (C=O) groups excluding carboxylic acids is 1. The second-order valence-electron chi connectivity index (χ2n) is 6.45. The lowest BCUT2D eigenvalue weighted by atomic mass is 10.1. The van der Waals surface area contributed by atoms with Crippen LogP contribution in [0, 0.1) is 27.7 Å². The number of rotatable bonds is 4. The summed E-state index contributed by atoms with van der Waals surface area (Å²) in [6.07, 6.45) is 0. The first kappa shape index (κ1) is 17.6. The van der Waals surface area contributed by atoms with Gasteiger partial charge in [0.1, 0.15) is 17.3 Å². The summed E-state index contributed by atoms with van der Waals surface area (Å²) in [5.41, 5.74) is 5.35. The van der Waals surface area contributed by atoms with Crippen LogP contribution in [0.4, 0.5) is 17.2 Å². The minimum Gasteiger partial charge on any atom is -0.340 e. The Morgan fingerprint density at radius 3 is 2.38 bits per heavy atom. The van der Waals surface area contributed by atoms with Crippen molar-refractivity contribution in [3.8, 4) is 0 Å². The molecule has 1 heterocycles. The molecule has 0 fully saturated rings. The molecule has 5 heteroatoms. The standard InChI is InChI=1S/C21H22N4O/c1-13-6-5-7-17(11-13)24-20-12-19(22-16(4)23-20)21(26)25-18-9-8-14(2)10-15(18)3/h5-12H,1-4H3,(H,25,26)(H,22,23,24). The third-order valence-electron chi connectivity index (χ3n) is 3.99. The highest BCUT2D eigenvalue weighted by Crippen LogP contribution is 2.19. The molecule has 0 aliphatic heterocycles. The highest BCUT2D eigenvalue weighted by molar-refractivity contribution is 6.03. The fourth-order valence-electron chi connectivity index (χ4n) is 2.76. The first-order valence-corrected chi connectivity index (χ1v) is 8.49. The highest BCUT2D eigenvalue weighted by Gasteiger charge is 2.12. The van der Waals surface area contributed by atoms with Gasteiger partial charge in [-0.15, -0.1) is 0 Å². The fraction of sp³-hybridized carbons (Fsp3) is 0.190. The van der Waals surface area contributed by atoms with Gasteiger partial charge >= 0.3 is 0 Å². The third-order valence-corrected chi connectivity index (χ3v) is 3.99. The zero-order chi connectivity index (χ0) is 18.7. The molecule has 0 saturated carbocycles. The zero-order valence-corrected chi connectivity index (χ0v) is 15.4. The number of anilines is 3. The molecule has 0 unspecified atom stereocenters. The van der Waals surface area contributed by atoms with Gasteiger partial charge in [-0.1, -0.05) is 29.8 Å². The van der Waals surface area contributed by atoms with Crippen molar-refractivity contribution < 1.29 is 4.79 Å². The average molecular weight is 346 g/mol. The van der Waals surface area contributed by atoms with Crippen molar-refractivity contribution in [1.29, 1.82) is 0 Å². The van der Waals surface area contributed by atoms with Crippen LogP contribution in [0.3, 0.4) is 0 Å². The van der Waals surface area contributed by atoms with Crippen molar-refractivity contribution >= 4 is 23.1 Å². The van der Waals surface area contributed by atoms with E-state index in [1.807, 2.05) is 63.2 Å². The largest absolute Gasteiger partial charge is 0.340 e. The van der Waals surface area contributed by atoms with Gasteiger partial charge in [-0.2, -0.15) is 0 Å². The number of nitrogens with one attached hydrogen (secondary N) is 2. The Kier molecular flexibility index (Phi) is 4.98. The summed E-state index contributed by atoms with van der Waals surface area (Å²) in [7, 11) is 0. The highest BCUT2D eigenvalue weighted by atomic mass is 16.1. The van der Waals surface area contributed by atoms with Crippen LogP contribution in [0.25, 0.3) is 0 Å². The second kappa shape index (κ2) is 7.35. The molecule has 132 valence electrons. The maximum absolute atomic E-state index is 12.6. The van der Waals surface area contributed by atoms with Crippen molar-refractivity contribution in [2.45, 2.75) is 27.7 Å². The average Bonchev–Trinajstić information content (AvgIpc) is 2.57. The number of nitrogens with zero attached hydrogens (tertiary/aromatic N) is 2. The van der Waals surface area contributed by atoms with Gasteiger partial charge in [-0.05, 0) is 57.0 Å². The van der Waals surface area contributed by atoms with Gasteiger partial charge in [-0.3, -0.25) is 4.79 Å². The van der Waals surface area contributed by atoms with Gasteiger partial charge in [0.15, 0.2) is 0 Å². The molecule has 3 aromatic rings. The Morgan fingerprint density at radius 2 is 1.65 bits per heavy atom. The van der Waals surface area contributed by atoms with Gasteiger partial charge in [0.25, 0.3) is 5.91 Å². The minimum absolute atomic E-state index is 0.255. The predicted octanol–water partition coefficient (Wildman–Crippen LogP) is 4.71. The van der Waals surface area contributed by atoms with Crippen LogP contribution < -0.4 is 10.6 Å². The molecule has 2 aromatic carbocycles. The lowest BCUT2D eigenvalue weighted by molar-refractivity contribution is 0.102. The Labute approximate surface area is 153 Å². The number of hydrogen-bond acceptors (Lipinski definition) is 4. The van der Waals surface area contributed by atoms with E-state index in [2.05, 4.69) is 20.6 Å². The molecule has 0 aliphatic rings. The maximum atomic E-state index is 12.6. The van der Waals surface area contributed by atoms with E-state index in [9.17, 15) is 4.79 Å². The normalized spacial score (nSPS) is 10.5. The molecule has 0 aliphatic carbocycles. The van der Waals surface area contributed by atoms with Crippen molar-refractivity contribution in [3.05, 3.63) is 76.7 Å². The molecule has 0 spiro atoms. The van der Waals surface area contributed by atoms with E-state index in [0.29, 0.717) is 17.3 Å². The van der Waals surface area contributed by atoms with Crippen molar-refractivity contribution in [3.63, 3.8) is 0 Å². The van der Waals surface area contributed by atoms with Crippen molar-refractivity contribution in [2.75, 3.05) is 10.6 Å². The number of aryl methyl sites for hydroxylation is 4. The van der Waals surface area contributed by atoms with Crippen LogP contribution >= 0.6 is 0 Å². The fourth-order valence-corrected chi connectivity index (χ4v) is 2.76. The van der Waals surface area contributed by atoms with E-state index in [0.717, 1.165) is 28.1 Å². The Morgan fingerprint density at radius 1 is 0.885 bits per heavy atom. The predicted molar refractivity (Wildman–Crippen MR) is 105 cm³/mol. The number of amides is 1. The zero-order valence-electron chi connectivity index (χ0n) is 15.4. The first-order chi connectivity index (χ1) is 12.4. The number of benzene rings is 2. The molecule has 2 N–H and O–H groups in total. The van der Waals surface area contributed by atoms with E-state index in [1.165, 1.54) is 0 Å². The topological polar surface area (TPSA) is 66.9 Å². The summed E-state index contributed by atoms with van der Waals surface area (Å²) in [6.45, 7) is 7.79. The molecule has 1 aromatic heterocycles. The van der Waals surface area contributed by atoms with Crippen molar-refractivity contribution in [2.24, 2.45) is 0 Å². The number of hydrogen-bond donors (Lipinski definition) is 2. The van der Waals surface area contributed by atoms with E-state index >= 15 is 0 Å². The van der Waals surface area contributed by atoms with Crippen molar-refractivity contribution in [1.82, 2.24) is 9.97 Å². The molecule has 5 nitrogen and oxygen atoms in total. The second-order valence-corrected chi connectivity index (χ2v) is 6.45. The molecule has 26 heavy (non-hydrogen) atoms. The SMILES string of the molecule is Cc1cccc(Nc2cc(C(=O)Nc3ccc(C)cc3C)nc(C)n2)c1. The molecule has 0 atom stereocenters. The van der Waals surface area contributed by atoms with Crippen LogP contribution in [0.5, 0.6) is 0 Å². The van der Waals surface area contributed by atoms with Crippen LogP contribution in [-0.2, 0) is 0 Å². The quantitative estimate of drug-likeness (QED) is 0.718. The molecular formula is C21H22N4O. The van der Waals surface area contributed by atoms with Crippen LogP contribution in [-0.4, -0.2) is 15.9 Å². The molecular weight excluding hydrogens is 324 g/mol. The maximum Gasteiger partial charge on any atom is 0.274 e. The Bertz CT molecular complexity index is 966. The summed E-state index contributed by atoms with van der Waals surface area (Å²) in [6, 6.07) is 15.5. The molecule has 0 radical (unpaired) electrons. The van der Waals surface area contributed by atoms with Crippen LogP contribution in [0.1, 0.15) is 33.0 Å². The van der Waals surface area contributed by atoms with Gasteiger partial charge in [-0.25, -0.2) is 9.97 Å². The van der Waals surface area contributed by atoms with Crippen LogP contribution in [0.2, 0.25) is 0 Å². The van der Waals surface area contributed by atoms with E-state index in [-0.39, 0.29) is 5.91 Å². The van der Waals surface area contributed by atoms with E-state index in [1.54, 1.807) is 13.0 Å². The summed E-state index contributed by atoms with van der Waals surface area (Å²) in [4.78, 5) is 21.3. The van der Waals surface area contributed by atoms with Gasteiger partial charge < -0.3 is 10.6 Å². The summed E-state index contributed by atoms with van der Waals surface area (Å²) in [5, 5.41) is 6.16. The monoisotopic (exact) mass is 346 g/mol. The van der Waals surface area contributed by atoms with Gasteiger partial charge in [0.05, 0.1) is 0 Å². The lowest BCUT2D eigenvalue weighted by Gasteiger charge is -2.11. The van der Waals surface area contributed by atoms with Crippen LogP contribution in [0.15, 0.2) is 48.5 Å².